The first-order chi connectivity index (χ1) is 7.28. The molecule has 0 aliphatic carbocycles. The number of rotatable bonds is 3. The van der Waals surface area contributed by atoms with Crippen LogP contribution in [0.4, 0.5) is 0 Å². The molecule has 1 aromatic carbocycles. The van der Waals surface area contributed by atoms with Crippen molar-refractivity contribution in [3.05, 3.63) is 41.7 Å². The van der Waals surface area contributed by atoms with Crippen molar-refractivity contribution in [2.75, 3.05) is 0 Å². The molecule has 0 unspecified atom stereocenters. The van der Waals surface area contributed by atoms with Crippen LogP contribution in [0.15, 0.2) is 36.7 Å². The SMILES string of the molecule is NCn1cc(Oc2ccc(Cl)cc2)cn1. The Labute approximate surface area is 92.2 Å². The van der Waals surface area contributed by atoms with Crippen LogP contribution in [0, 0.1) is 0 Å². The van der Waals surface area contributed by atoms with E-state index in [0.717, 1.165) is 5.75 Å². The second-order valence-corrected chi connectivity index (χ2v) is 3.39. The van der Waals surface area contributed by atoms with E-state index >= 15 is 0 Å². The fourth-order valence-electron chi connectivity index (χ4n) is 1.14. The fraction of sp³-hybridized carbons (Fsp3) is 0.100. The molecule has 4 nitrogen and oxygen atoms in total. The summed E-state index contributed by atoms with van der Waals surface area (Å²) in [5.74, 6) is 1.37. The molecule has 0 saturated carbocycles. The Bertz CT molecular complexity index is 438. The molecular formula is C10H10ClN3O. The van der Waals surface area contributed by atoms with E-state index in [1.807, 2.05) is 0 Å². The Balaban J connectivity index is 2.11. The average Bonchev–Trinajstić information content (AvgIpc) is 2.69. The zero-order valence-electron chi connectivity index (χ0n) is 7.93. The molecule has 15 heavy (non-hydrogen) atoms. The van der Waals surface area contributed by atoms with Crippen LogP contribution in [0.5, 0.6) is 11.5 Å². The number of nitrogens with two attached hydrogens (primary N) is 1. The Kier molecular flexibility index (Phi) is 2.89. The molecule has 2 aromatic rings. The van der Waals surface area contributed by atoms with Crippen molar-refractivity contribution in [1.29, 1.82) is 0 Å². The number of benzene rings is 1. The van der Waals surface area contributed by atoms with Crippen LogP contribution >= 0.6 is 11.6 Å². The summed E-state index contributed by atoms with van der Waals surface area (Å²) in [5, 5.41) is 4.67. The van der Waals surface area contributed by atoms with Gasteiger partial charge in [-0.15, -0.1) is 0 Å². The molecule has 0 aliphatic rings. The minimum Gasteiger partial charge on any atom is -0.454 e. The minimum absolute atomic E-state index is 0.337. The molecule has 0 saturated heterocycles. The van der Waals surface area contributed by atoms with E-state index in [1.165, 1.54) is 0 Å². The van der Waals surface area contributed by atoms with E-state index < -0.39 is 0 Å². The summed E-state index contributed by atoms with van der Waals surface area (Å²) in [7, 11) is 0. The van der Waals surface area contributed by atoms with Crippen LogP contribution in [0.25, 0.3) is 0 Å². The zero-order valence-corrected chi connectivity index (χ0v) is 8.69. The fourth-order valence-corrected chi connectivity index (χ4v) is 1.26. The second kappa shape index (κ2) is 4.33. The number of hydrogen-bond acceptors (Lipinski definition) is 3. The lowest BCUT2D eigenvalue weighted by molar-refractivity contribution is 0.481. The molecule has 1 heterocycles. The summed E-state index contributed by atoms with van der Waals surface area (Å²) >= 11 is 5.75. The van der Waals surface area contributed by atoms with E-state index in [9.17, 15) is 0 Å². The average molecular weight is 224 g/mol. The lowest BCUT2D eigenvalue weighted by Gasteiger charge is -2.01. The minimum atomic E-state index is 0.337. The van der Waals surface area contributed by atoms with E-state index in [1.54, 1.807) is 41.3 Å². The summed E-state index contributed by atoms with van der Waals surface area (Å²) in [6.07, 6.45) is 3.34. The van der Waals surface area contributed by atoms with Crippen molar-refractivity contribution in [3.8, 4) is 11.5 Å². The van der Waals surface area contributed by atoms with Crippen molar-refractivity contribution < 1.29 is 4.74 Å². The topological polar surface area (TPSA) is 53.1 Å². The van der Waals surface area contributed by atoms with Gasteiger partial charge in [0.2, 0.25) is 0 Å². The quantitative estimate of drug-likeness (QED) is 0.868. The van der Waals surface area contributed by atoms with E-state index in [-0.39, 0.29) is 0 Å². The summed E-state index contributed by atoms with van der Waals surface area (Å²) in [6.45, 7) is 0.337. The van der Waals surface area contributed by atoms with Crippen LogP contribution in [0.3, 0.4) is 0 Å². The summed E-state index contributed by atoms with van der Waals surface area (Å²) in [4.78, 5) is 0. The monoisotopic (exact) mass is 223 g/mol. The molecule has 5 heteroatoms. The molecule has 0 amide bonds. The summed E-state index contributed by atoms with van der Waals surface area (Å²) < 4.78 is 7.11. The summed E-state index contributed by atoms with van der Waals surface area (Å²) in [5.41, 5.74) is 5.40. The van der Waals surface area contributed by atoms with E-state index in [4.69, 9.17) is 22.1 Å². The Morgan fingerprint density at radius 1 is 1.27 bits per heavy atom. The predicted octanol–water partition coefficient (Wildman–Crippen LogP) is 2.25. The van der Waals surface area contributed by atoms with Gasteiger partial charge in [0.05, 0.1) is 19.1 Å². The van der Waals surface area contributed by atoms with Crippen LogP contribution < -0.4 is 10.5 Å². The third kappa shape index (κ3) is 2.49. The number of ether oxygens (including phenoxy) is 1. The lowest BCUT2D eigenvalue weighted by atomic mass is 10.3. The van der Waals surface area contributed by atoms with Gasteiger partial charge in [-0.05, 0) is 24.3 Å². The van der Waals surface area contributed by atoms with E-state index in [2.05, 4.69) is 5.10 Å². The molecule has 0 spiro atoms. The third-order valence-electron chi connectivity index (χ3n) is 1.85. The van der Waals surface area contributed by atoms with Crippen LogP contribution in [0.2, 0.25) is 5.02 Å². The maximum absolute atomic E-state index is 5.75. The van der Waals surface area contributed by atoms with Gasteiger partial charge < -0.3 is 10.5 Å². The molecule has 0 atom stereocenters. The first-order valence-electron chi connectivity index (χ1n) is 4.44. The van der Waals surface area contributed by atoms with Gasteiger partial charge in [0.1, 0.15) is 5.75 Å². The largest absolute Gasteiger partial charge is 0.454 e. The first kappa shape index (κ1) is 10.0. The summed E-state index contributed by atoms with van der Waals surface area (Å²) in [6, 6.07) is 7.12. The number of nitrogens with zero attached hydrogens (tertiary/aromatic N) is 2. The van der Waals surface area contributed by atoms with Crippen molar-refractivity contribution >= 4 is 11.6 Å². The second-order valence-electron chi connectivity index (χ2n) is 2.95. The van der Waals surface area contributed by atoms with Crippen LogP contribution in [0.1, 0.15) is 0 Å². The normalized spacial score (nSPS) is 10.3. The van der Waals surface area contributed by atoms with Crippen molar-refractivity contribution in [2.24, 2.45) is 5.73 Å². The molecule has 0 bridgehead atoms. The van der Waals surface area contributed by atoms with Crippen LogP contribution in [-0.2, 0) is 6.67 Å². The molecule has 0 aliphatic heterocycles. The highest BCUT2D eigenvalue weighted by Crippen LogP contribution is 2.22. The molecule has 78 valence electrons. The van der Waals surface area contributed by atoms with Crippen molar-refractivity contribution in [3.63, 3.8) is 0 Å². The highest BCUT2D eigenvalue weighted by molar-refractivity contribution is 6.30. The predicted molar refractivity (Wildman–Crippen MR) is 57.9 cm³/mol. The molecule has 0 radical (unpaired) electrons. The smallest absolute Gasteiger partial charge is 0.165 e. The molecule has 1 aromatic heterocycles. The highest BCUT2D eigenvalue weighted by atomic mass is 35.5. The molecule has 2 N–H and O–H groups in total. The van der Waals surface area contributed by atoms with Crippen LogP contribution in [-0.4, -0.2) is 9.78 Å². The van der Waals surface area contributed by atoms with Gasteiger partial charge in [0.25, 0.3) is 0 Å². The maximum atomic E-state index is 5.75. The van der Waals surface area contributed by atoms with Gasteiger partial charge in [-0.2, -0.15) is 5.10 Å². The Hall–Kier alpha value is -1.52. The van der Waals surface area contributed by atoms with Gasteiger partial charge in [0.15, 0.2) is 5.75 Å². The van der Waals surface area contributed by atoms with Crippen molar-refractivity contribution in [1.82, 2.24) is 9.78 Å². The Morgan fingerprint density at radius 2 is 2.00 bits per heavy atom. The maximum Gasteiger partial charge on any atom is 0.165 e. The Morgan fingerprint density at radius 3 is 2.60 bits per heavy atom. The number of halogens is 1. The van der Waals surface area contributed by atoms with Gasteiger partial charge in [0, 0.05) is 5.02 Å². The highest BCUT2D eigenvalue weighted by Gasteiger charge is 1.99. The lowest BCUT2D eigenvalue weighted by Crippen LogP contribution is -2.06. The van der Waals surface area contributed by atoms with Gasteiger partial charge in [-0.1, -0.05) is 11.6 Å². The van der Waals surface area contributed by atoms with E-state index in [0.29, 0.717) is 17.4 Å². The standard InChI is InChI=1S/C10H10ClN3O/c11-8-1-3-9(4-2-8)15-10-5-13-14(6-10)7-12/h1-6H,7,12H2. The van der Waals surface area contributed by atoms with Gasteiger partial charge in [-0.25, -0.2) is 0 Å². The zero-order chi connectivity index (χ0) is 10.7. The third-order valence-corrected chi connectivity index (χ3v) is 2.10. The molecular weight excluding hydrogens is 214 g/mol. The van der Waals surface area contributed by atoms with Gasteiger partial charge >= 0.3 is 0 Å². The molecule has 2 rings (SSSR count). The molecule has 0 fully saturated rings. The number of hydrogen-bond donors (Lipinski definition) is 1. The number of aromatic nitrogens is 2. The first-order valence-corrected chi connectivity index (χ1v) is 4.81. The van der Waals surface area contributed by atoms with Crippen molar-refractivity contribution in [2.45, 2.75) is 6.67 Å². The van der Waals surface area contributed by atoms with Gasteiger partial charge in [-0.3, -0.25) is 4.68 Å².